The van der Waals surface area contributed by atoms with E-state index in [0.29, 0.717) is 11.3 Å². The summed E-state index contributed by atoms with van der Waals surface area (Å²) in [6.45, 7) is 2.52. The molecule has 11 heteroatoms. The molecule has 0 atom stereocenters. The highest BCUT2D eigenvalue weighted by atomic mass is 32.2. The van der Waals surface area contributed by atoms with Gasteiger partial charge in [0.15, 0.2) is 0 Å². The molecule has 4 rings (SSSR count). The number of alkyl halides is 3. The van der Waals surface area contributed by atoms with Gasteiger partial charge in [0.2, 0.25) is 15.0 Å². The molecule has 0 unspecified atom stereocenters. The van der Waals surface area contributed by atoms with Crippen LogP contribution in [-0.2, 0) is 33.0 Å². The Labute approximate surface area is 213 Å². The number of methoxy groups -OCH3 is 1. The Hall–Kier alpha value is -3.18. The van der Waals surface area contributed by atoms with E-state index < -0.39 is 27.3 Å². The summed E-state index contributed by atoms with van der Waals surface area (Å²) in [5.41, 5.74) is 1.01. The number of hydrogen-bond donors (Lipinski definition) is 0. The molecule has 0 N–H and O–H groups in total. The van der Waals surface area contributed by atoms with E-state index in [-0.39, 0.29) is 42.4 Å². The van der Waals surface area contributed by atoms with Crippen molar-refractivity contribution in [2.24, 2.45) is 0 Å². The van der Waals surface area contributed by atoms with Gasteiger partial charge in [-0.25, -0.2) is 13.4 Å². The summed E-state index contributed by atoms with van der Waals surface area (Å²) in [7, 11) is -2.53. The molecule has 0 saturated heterocycles. The van der Waals surface area contributed by atoms with Crippen molar-refractivity contribution in [2.45, 2.75) is 49.4 Å². The molecular formula is C26H28F3N3O4S. The molecule has 0 spiro atoms. The second-order valence-corrected chi connectivity index (χ2v) is 11.0. The zero-order valence-corrected chi connectivity index (χ0v) is 21.3. The first-order chi connectivity index (χ1) is 17.5. The van der Waals surface area contributed by atoms with Crippen LogP contribution in [0.5, 0.6) is 0 Å². The summed E-state index contributed by atoms with van der Waals surface area (Å²) >= 11 is 0. The number of sulfone groups is 1. The van der Waals surface area contributed by atoms with Gasteiger partial charge in [-0.1, -0.05) is 36.4 Å². The summed E-state index contributed by atoms with van der Waals surface area (Å²) in [6, 6.07) is 11.4. The van der Waals surface area contributed by atoms with Crippen molar-refractivity contribution in [3.05, 3.63) is 82.7 Å². The molecule has 1 heterocycles. The highest BCUT2D eigenvalue weighted by Crippen LogP contribution is 2.39. The Balaban J connectivity index is 1.64. The lowest BCUT2D eigenvalue weighted by molar-refractivity contribution is -0.137. The van der Waals surface area contributed by atoms with Gasteiger partial charge in [0.05, 0.1) is 36.4 Å². The zero-order chi connectivity index (χ0) is 26.8. The minimum atomic E-state index is -4.57. The van der Waals surface area contributed by atoms with Gasteiger partial charge in [-0.15, -0.1) is 0 Å². The highest BCUT2D eigenvalue weighted by molar-refractivity contribution is 7.90. The topological polar surface area (TPSA) is 81.5 Å². The Morgan fingerprint density at radius 2 is 1.89 bits per heavy atom. The van der Waals surface area contributed by atoms with Crippen LogP contribution < -0.4 is 0 Å². The van der Waals surface area contributed by atoms with Crippen LogP contribution in [0.15, 0.2) is 59.9 Å². The molecule has 3 aromatic rings. The molecule has 1 amide bonds. The van der Waals surface area contributed by atoms with E-state index in [1.165, 1.54) is 25.4 Å². The van der Waals surface area contributed by atoms with Crippen molar-refractivity contribution in [2.75, 3.05) is 20.3 Å². The normalized spacial score (nSPS) is 14.1. The molecule has 2 aromatic carbocycles. The third-order valence-corrected chi connectivity index (χ3v) is 7.79. The molecule has 198 valence electrons. The van der Waals surface area contributed by atoms with E-state index in [9.17, 15) is 26.4 Å². The number of carbonyl (C=O) groups is 1. The van der Waals surface area contributed by atoms with E-state index in [1.807, 2.05) is 19.1 Å². The lowest BCUT2D eigenvalue weighted by Crippen LogP contribution is -2.34. The molecule has 1 fully saturated rings. The first-order valence-corrected chi connectivity index (χ1v) is 13.5. The summed E-state index contributed by atoms with van der Waals surface area (Å²) in [4.78, 5) is 19.1. The predicted octanol–water partition coefficient (Wildman–Crippen LogP) is 4.81. The molecule has 0 radical (unpaired) electrons. The number of nitrogens with zero attached hydrogens (tertiary/aromatic N) is 3. The number of ether oxygens (including phenoxy) is 1. The van der Waals surface area contributed by atoms with Crippen LogP contribution in [0.2, 0.25) is 0 Å². The number of aromatic nitrogens is 2. The van der Waals surface area contributed by atoms with Gasteiger partial charge >= 0.3 is 6.18 Å². The van der Waals surface area contributed by atoms with Crippen molar-refractivity contribution in [3.8, 4) is 0 Å². The van der Waals surface area contributed by atoms with Gasteiger partial charge in [-0.3, -0.25) is 4.79 Å². The number of rotatable bonds is 10. The first kappa shape index (κ1) is 26.9. The Morgan fingerprint density at radius 3 is 2.54 bits per heavy atom. The van der Waals surface area contributed by atoms with E-state index in [4.69, 9.17) is 4.74 Å². The van der Waals surface area contributed by atoms with E-state index >= 15 is 0 Å². The number of aryl methyl sites for hydroxylation is 1. The minimum Gasteiger partial charge on any atom is -0.383 e. The van der Waals surface area contributed by atoms with Crippen molar-refractivity contribution in [1.29, 1.82) is 0 Å². The predicted molar refractivity (Wildman–Crippen MR) is 131 cm³/mol. The van der Waals surface area contributed by atoms with Crippen LogP contribution in [0, 0.1) is 6.92 Å². The number of halogens is 3. The maximum atomic E-state index is 13.4. The van der Waals surface area contributed by atoms with Gasteiger partial charge in [-0.05, 0) is 43.0 Å². The summed E-state index contributed by atoms with van der Waals surface area (Å²) in [5, 5.41) is -0.197. The standard InChI is InChI=1S/C26H28F3N3O4S/c1-18-6-3-4-9-23(18)24(33)31(12-13-36-2)16-22-15-30-25(32(22)21-10-11-21)37(34,35)17-19-7-5-8-20(14-19)26(27,28)29/h3-9,14-15,21H,10-13,16-17H2,1-2H3. The van der Waals surface area contributed by atoms with Crippen molar-refractivity contribution in [3.63, 3.8) is 0 Å². The number of carbonyl (C=O) groups excluding carboxylic acids is 1. The van der Waals surface area contributed by atoms with Crippen molar-refractivity contribution in [1.82, 2.24) is 14.5 Å². The van der Waals surface area contributed by atoms with Gasteiger partial charge in [0, 0.05) is 25.3 Å². The molecular weight excluding hydrogens is 507 g/mol. The maximum absolute atomic E-state index is 13.4. The number of imidazole rings is 1. The fraction of sp³-hybridized carbons (Fsp3) is 0.385. The van der Waals surface area contributed by atoms with Gasteiger partial charge < -0.3 is 14.2 Å². The second-order valence-electron chi connectivity index (χ2n) is 9.12. The Kier molecular flexibility index (Phi) is 7.75. The number of hydrogen-bond acceptors (Lipinski definition) is 5. The highest BCUT2D eigenvalue weighted by Gasteiger charge is 2.35. The molecule has 7 nitrogen and oxygen atoms in total. The Bertz CT molecular complexity index is 1380. The van der Waals surface area contributed by atoms with E-state index in [2.05, 4.69) is 4.98 Å². The quantitative estimate of drug-likeness (QED) is 0.372. The molecule has 1 aliphatic rings. The third kappa shape index (κ3) is 6.22. The van der Waals surface area contributed by atoms with Gasteiger partial charge in [-0.2, -0.15) is 13.2 Å². The van der Waals surface area contributed by atoms with E-state index in [1.54, 1.807) is 21.6 Å². The Morgan fingerprint density at radius 1 is 1.16 bits per heavy atom. The number of amides is 1. The first-order valence-electron chi connectivity index (χ1n) is 11.8. The minimum absolute atomic E-state index is 0.0261. The molecule has 1 aromatic heterocycles. The van der Waals surface area contributed by atoms with Crippen LogP contribution in [0.1, 0.15) is 51.6 Å². The summed E-state index contributed by atoms with van der Waals surface area (Å²) in [6.07, 6.45) is -1.64. The lowest BCUT2D eigenvalue weighted by atomic mass is 10.1. The largest absolute Gasteiger partial charge is 0.416 e. The lowest BCUT2D eigenvalue weighted by Gasteiger charge is -2.24. The van der Waals surface area contributed by atoms with Crippen LogP contribution in [0.3, 0.4) is 0 Å². The molecule has 37 heavy (non-hydrogen) atoms. The summed E-state index contributed by atoms with van der Waals surface area (Å²) in [5.74, 6) is -0.831. The molecule has 1 saturated carbocycles. The molecule has 0 bridgehead atoms. The van der Waals surface area contributed by atoms with Gasteiger partial charge in [0.1, 0.15) is 0 Å². The summed E-state index contributed by atoms with van der Waals surface area (Å²) < 4.78 is 72.8. The fourth-order valence-electron chi connectivity index (χ4n) is 4.20. The van der Waals surface area contributed by atoms with E-state index in [0.717, 1.165) is 30.5 Å². The third-order valence-electron chi connectivity index (χ3n) is 6.22. The van der Waals surface area contributed by atoms with Crippen molar-refractivity contribution < 1.29 is 31.1 Å². The molecule has 0 aliphatic heterocycles. The second kappa shape index (κ2) is 10.7. The maximum Gasteiger partial charge on any atom is 0.416 e. The van der Waals surface area contributed by atoms with Crippen molar-refractivity contribution >= 4 is 15.7 Å². The average Bonchev–Trinajstić information content (AvgIpc) is 3.59. The molecule has 1 aliphatic carbocycles. The fourth-order valence-corrected chi connectivity index (χ4v) is 5.73. The van der Waals surface area contributed by atoms with Crippen LogP contribution in [-0.4, -0.2) is 49.0 Å². The average molecular weight is 536 g/mol. The van der Waals surface area contributed by atoms with Crippen LogP contribution in [0.4, 0.5) is 13.2 Å². The smallest absolute Gasteiger partial charge is 0.383 e. The van der Waals surface area contributed by atoms with Crippen LogP contribution in [0.25, 0.3) is 0 Å². The van der Waals surface area contributed by atoms with Gasteiger partial charge in [0.25, 0.3) is 5.91 Å². The monoisotopic (exact) mass is 535 g/mol. The SMILES string of the molecule is COCCN(Cc1cnc(S(=O)(=O)Cc2cccc(C(F)(F)F)c2)n1C1CC1)C(=O)c1ccccc1C. The number of benzene rings is 2. The van der Waals surface area contributed by atoms with Crippen LogP contribution >= 0.6 is 0 Å². The zero-order valence-electron chi connectivity index (χ0n) is 20.5.